The summed E-state index contributed by atoms with van der Waals surface area (Å²) in [4.78, 5) is 12.1. The average Bonchev–Trinajstić information content (AvgIpc) is 2.56. The molecule has 1 spiro atoms. The van der Waals surface area contributed by atoms with E-state index >= 15 is 0 Å². The zero-order valence-corrected chi connectivity index (χ0v) is 11.8. The lowest BCUT2D eigenvalue weighted by molar-refractivity contribution is -0.263. The van der Waals surface area contributed by atoms with Crippen molar-refractivity contribution in [1.29, 1.82) is 0 Å². The third kappa shape index (κ3) is 1.34. The first kappa shape index (κ1) is 12.2. The Hall–Kier alpha value is -0.610. The SMILES string of the molecule is CC1CC[C@H]2C(C)C(=O)OC3O[C@]4(C)CC[C@@H]1[C@]32O4. The first-order chi connectivity index (χ1) is 8.96. The van der Waals surface area contributed by atoms with Crippen molar-refractivity contribution in [2.24, 2.45) is 23.7 Å². The molecule has 4 heteroatoms. The van der Waals surface area contributed by atoms with Crippen LogP contribution in [0, 0.1) is 23.7 Å². The van der Waals surface area contributed by atoms with Crippen molar-refractivity contribution < 1.29 is 19.0 Å². The second-order valence-corrected chi connectivity index (χ2v) is 7.07. The van der Waals surface area contributed by atoms with Crippen LogP contribution in [0.3, 0.4) is 0 Å². The zero-order chi connectivity index (χ0) is 13.4. The minimum atomic E-state index is -0.555. The molecule has 1 aliphatic carbocycles. The summed E-state index contributed by atoms with van der Waals surface area (Å²) >= 11 is 0. The van der Waals surface area contributed by atoms with Crippen molar-refractivity contribution in [3.63, 3.8) is 0 Å². The summed E-state index contributed by atoms with van der Waals surface area (Å²) in [5.74, 6) is 0.586. The van der Waals surface area contributed by atoms with E-state index in [0.717, 1.165) is 19.3 Å². The highest BCUT2D eigenvalue weighted by Crippen LogP contribution is 2.62. The standard InChI is InChI=1S/C15H22O4/c1-8-4-5-11-9(2)12(16)17-13-15(11)10(8)6-7-14(3,18-13)19-15/h8-11,13H,4-7H2,1-3H3/t8?,9?,10-,11-,13?,14-,15+/m0/s1. The van der Waals surface area contributed by atoms with Crippen LogP contribution in [0.1, 0.15) is 46.5 Å². The van der Waals surface area contributed by atoms with E-state index in [2.05, 4.69) is 6.92 Å². The molecular weight excluding hydrogens is 244 g/mol. The molecule has 3 saturated heterocycles. The van der Waals surface area contributed by atoms with Gasteiger partial charge in [-0.2, -0.15) is 0 Å². The number of carbonyl (C=O) groups is 1. The van der Waals surface area contributed by atoms with Crippen LogP contribution in [0.15, 0.2) is 0 Å². The molecule has 4 nitrogen and oxygen atoms in total. The quantitative estimate of drug-likeness (QED) is 0.632. The summed E-state index contributed by atoms with van der Waals surface area (Å²) in [5, 5.41) is 0. The van der Waals surface area contributed by atoms with Gasteiger partial charge in [-0.25, -0.2) is 0 Å². The fraction of sp³-hybridized carbons (Fsp3) is 0.933. The summed E-state index contributed by atoms with van der Waals surface area (Å²) in [7, 11) is 0. The van der Waals surface area contributed by atoms with Crippen LogP contribution >= 0.6 is 0 Å². The van der Waals surface area contributed by atoms with E-state index < -0.39 is 12.1 Å². The second-order valence-electron chi connectivity index (χ2n) is 7.07. The summed E-state index contributed by atoms with van der Waals surface area (Å²) in [6.45, 7) is 6.28. The fourth-order valence-electron chi connectivity index (χ4n) is 5.03. The molecule has 0 amide bonds. The molecule has 4 fully saturated rings. The summed E-state index contributed by atoms with van der Waals surface area (Å²) in [6.07, 6.45) is 3.76. The maximum Gasteiger partial charge on any atom is 0.311 e. The normalized spacial score (nSPS) is 59.5. The van der Waals surface area contributed by atoms with Crippen molar-refractivity contribution in [3.8, 4) is 0 Å². The lowest BCUT2D eigenvalue weighted by Crippen LogP contribution is -2.65. The highest BCUT2D eigenvalue weighted by atomic mass is 16.8. The number of esters is 1. The number of hydrogen-bond donors (Lipinski definition) is 0. The van der Waals surface area contributed by atoms with Gasteiger partial charge in [0.25, 0.3) is 0 Å². The van der Waals surface area contributed by atoms with Crippen LogP contribution in [-0.4, -0.2) is 23.6 Å². The first-order valence-corrected chi connectivity index (χ1v) is 7.55. The van der Waals surface area contributed by atoms with Gasteiger partial charge in [0.2, 0.25) is 6.29 Å². The van der Waals surface area contributed by atoms with E-state index in [4.69, 9.17) is 14.2 Å². The molecule has 19 heavy (non-hydrogen) atoms. The van der Waals surface area contributed by atoms with Gasteiger partial charge in [-0.15, -0.1) is 0 Å². The van der Waals surface area contributed by atoms with E-state index in [-0.39, 0.29) is 23.4 Å². The highest BCUT2D eigenvalue weighted by molar-refractivity contribution is 5.74. The van der Waals surface area contributed by atoms with E-state index in [1.54, 1.807) is 0 Å². The molecule has 3 unspecified atom stereocenters. The maximum atomic E-state index is 12.1. The van der Waals surface area contributed by atoms with Gasteiger partial charge in [0.15, 0.2) is 5.79 Å². The number of fused-ring (bicyclic) bond motifs is 1. The molecule has 4 rings (SSSR count). The Kier molecular flexibility index (Phi) is 2.26. The molecule has 7 atom stereocenters. The number of ether oxygens (including phenoxy) is 3. The lowest BCUT2D eigenvalue weighted by Gasteiger charge is -2.56. The molecule has 3 heterocycles. The topological polar surface area (TPSA) is 44.8 Å². The Morgan fingerprint density at radius 2 is 1.95 bits per heavy atom. The van der Waals surface area contributed by atoms with Crippen molar-refractivity contribution in [3.05, 3.63) is 0 Å². The van der Waals surface area contributed by atoms with Gasteiger partial charge in [0.1, 0.15) is 5.60 Å². The molecule has 0 aromatic heterocycles. The molecular formula is C15H22O4. The minimum absolute atomic E-state index is 0.0738. The molecule has 106 valence electrons. The van der Waals surface area contributed by atoms with Gasteiger partial charge in [-0.1, -0.05) is 13.8 Å². The van der Waals surface area contributed by atoms with Crippen LogP contribution in [0.2, 0.25) is 0 Å². The summed E-state index contributed by atoms with van der Waals surface area (Å²) < 4.78 is 18.0. The van der Waals surface area contributed by atoms with Gasteiger partial charge < -0.3 is 14.2 Å². The third-order valence-corrected chi connectivity index (χ3v) is 6.00. The highest BCUT2D eigenvalue weighted by Gasteiger charge is 2.72. The lowest BCUT2D eigenvalue weighted by atomic mass is 9.57. The van der Waals surface area contributed by atoms with Crippen LogP contribution in [0.25, 0.3) is 0 Å². The van der Waals surface area contributed by atoms with Crippen molar-refractivity contribution >= 4 is 5.97 Å². The molecule has 0 aromatic rings. The Balaban J connectivity index is 1.84. The monoisotopic (exact) mass is 266 g/mol. The van der Waals surface area contributed by atoms with Gasteiger partial charge in [0.05, 0.1) is 5.92 Å². The van der Waals surface area contributed by atoms with Crippen LogP contribution in [-0.2, 0) is 19.0 Å². The molecule has 2 bridgehead atoms. The van der Waals surface area contributed by atoms with E-state index in [0.29, 0.717) is 11.8 Å². The molecule has 0 radical (unpaired) electrons. The predicted molar refractivity (Wildman–Crippen MR) is 67.0 cm³/mol. The Bertz CT molecular complexity index is 436. The summed E-state index contributed by atoms with van der Waals surface area (Å²) in [6, 6.07) is 0. The molecule has 0 aromatic carbocycles. The predicted octanol–water partition coefficient (Wildman–Crippen LogP) is 2.46. The van der Waals surface area contributed by atoms with Crippen molar-refractivity contribution in [1.82, 2.24) is 0 Å². The van der Waals surface area contributed by atoms with E-state index in [9.17, 15) is 4.79 Å². The largest absolute Gasteiger partial charge is 0.432 e. The average molecular weight is 266 g/mol. The van der Waals surface area contributed by atoms with Gasteiger partial charge in [-0.05, 0) is 38.0 Å². The van der Waals surface area contributed by atoms with Crippen molar-refractivity contribution in [2.45, 2.75) is 64.1 Å². The van der Waals surface area contributed by atoms with Gasteiger partial charge in [0, 0.05) is 12.3 Å². The van der Waals surface area contributed by atoms with Gasteiger partial charge in [-0.3, -0.25) is 4.79 Å². The van der Waals surface area contributed by atoms with Crippen LogP contribution in [0.4, 0.5) is 0 Å². The number of hydrogen-bond acceptors (Lipinski definition) is 4. The van der Waals surface area contributed by atoms with Crippen LogP contribution < -0.4 is 0 Å². The minimum Gasteiger partial charge on any atom is -0.432 e. The Morgan fingerprint density at radius 1 is 1.16 bits per heavy atom. The molecule has 3 aliphatic heterocycles. The van der Waals surface area contributed by atoms with Gasteiger partial charge >= 0.3 is 5.97 Å². The number of rotatable bonds is 0. The van der Waals surface area contributed by atoms with E-state index in [1.165, 1.54) is 6.42 Å². The van der Waals surface area contributed by atoms with Crippen molar-refractivity contribution in [2.75, 3.05) is 0 Å². The van der Waals surface area contributed by atoms with E-state index in [1.807, 2.05) is 13.8 Å². The first-order valence-electron chi connectivity index (χ1n) is 7.55. The molecule has 4 aliphatic rings. The van der Waals surface area contributed by atoms with Crippen LogP contribution in [0.5, 0.6) is 0 Å². The smallest absolute Gasteiger partial charge is 0.311 e. The Morgan fingerprint density at radius 3 is 2.74 bits per heavy atom. The Labute approximate surface area is 113 Å². The molecule has 1 saturated carbocycles. The fourth-order valence-corrected chi connectivity index (χ4v) is 5.03. The third-order valence-electron chi connectivity index (χ3n) is 6.00. The number of carbonyl (C=O) groups excluding carboxylic acids is 1. The maximum absolute atomic E-state index is 12.1. The summed E-state index contributed by atoms with van der Waals surface area (Å²) in [5.41, 5.74) is -0.377. The second kappa shape index (κ2) is 3.53. The zero-order valence-electron chi connectivity index (χ0n) is 11.8. The molecule has 0 N–H and O–H groups in total.